The Morgan fingerprint density at radius 3 is 2.58 bits per heavy atom. The summed E-state index contributed by atoms with van der Waals surface area (Å²) in [5.74, 6) is 1.32. The van der Waals surface area contributed by atoms with E-state index >= 15 is 0 Å². The van der Waals surface area contributed by atoms with Crippen molar-refractivity contribution < 1.29 is 4.74 Å². The molecule has 0 bridgehead atoms. The van der Waals surface area contributed by atoms with Crippen LogP contribution in [-0.2, 0) is 6.54 Å². The summed E-state index contributed by atoms with van der Waals surface area (Å²) in [7, 11) is 1.59. The molecule has 124 valence electrons. The number of benzene rings is 2. The van der Waals surface area contributed by atoms with E-state index < -0.39 is 0 Å². The summed E-state index contributed by atoms with van der Waals surface area (Å²) >= 11 is 0. The topological polar surface area (TPSA) is 70.1 Å². The molecule has 0 fully saturated rings. The number of methoxy groups -OCH3 is 1. The highest BCUT2D eigenvalue weighted by Crippen LogP contribution is 2.22. The van der Waals surface area contributed by atoms with Crippen molar-refractivity contribution in [3.05, 3.63) is 58.4 Å². The normalized spacial score (nSPS) is 11.0. The lowest BCUT2D eigenvalue weighted by molar-refractivity contribution is 0.415. The number of hydrogen-bond acceptors (Lipinski definition) is 4. The first kappa shape index (κ1) is 16.2. The number of nitrogens with two attached hydrogens (primary N) is 1. The van der Waals surface area contributed by atoms with E-state index in [0.29, 0.717) is 35.6 Å². The third kappa shape index (κ3) is 3.03. The molecule has 0 saturated heterocycles. The van der Waals surface area contributed by atoms with Gasteiger partial charge >= 0.3 is 0 Å². The Balaban J connectivity index is 2.26. The van der Waals surface area contributed by atoms with Gasteiger partial charge in [0, 0.05) is 12.1 Å². The van der Waals surface area contributed by atoms with E-state index in [1.165, 1.54) is 5.56 Å². The lowest BCUT2D eigenvalue weighted by Crippen LogP contribution is -2.24. The maximum Gasteiger partial charge on any atom is 0.261 e. The lowest BCUT2D eigenvalue weighted by atomic mass is 10.1. The van der Waals surface area contributed by atoms with Crippen LogP contribution >= 0.6 is 0 Å². The van der Waals surface area contributed by atoms with Crippen LogP contribution in [0.15, 0.2) is 47.3 Å². The zero-order valence-electron chi connectivity index (χ0n) is 14.0. The molecule has 1 heterocycles. The minimum atomic E-state index is -0.0667. The second kappa shape index (κ2) is 6.84. The standard InChI is InChI=1S/C19H21N3O2/c1-13-4-6-14(7-5-13)18-21-17-9-8-15(24-2)12-16(17)19(23)22(18)11-3-10-20/h4-9,12H,3,10-11,20H2,1-2H3. The number of aryl methyl sites for hydroxylation is 1. The molecule has 0 unspecified atom stereocenters. The van der Waals surface area contributed by atoms with Crippen molar-refractivity contribution in [3.8, 4) is 17.1 Å². The minimum absolute atomic E-state index is 0.0667. The van der Waals surface area contributed by atoms with E-state index in [1.54, 1.807) is 17.7 Å². The molecule has 2 N–H and O–H groups in total. The van der Waals surface area contributed by atoms with E-state index in [1.807, 2.05) is 43.3 Å². The molecule has 0 aliphatic rings. The fourth-order valence-electron chi connectivity index (χ4n) is 2.71. The van der Waals surface area contributed by atoms with E-state index in [2.05, 4.69) is 0 Å². The molecule has 2 aromatic carbocycles. The van der Waals surface area contributed by atoms with Gasteiger partial charge in [-0.1, -0.05) is 29.8 Å². The molecule has 0 aliphatic heterocycles. The number of aromatic nitrogens is 2. The highest BCUT2D eigenvalue weighted by molar-refractivity contribution is 5.81. The average Bonchev–Trinajstić information content (AvgIpc) is 2.61. The second-order valence-corrected chi connectivity index (χ2v) is 5.78. The van der Waals surface area contributed by atoms with Gasteiger partial charge in [-0.3, -0.25) is 9.36 Å². The van der Waals surface area contributed by atoms with Crippen molar-refractivity contribution >= 4 is 10.9 Å². The predicted octanol–water partition coefficient (Wildman–Crippen LogP) is 2.73. The van der Waals surface area contributed by atoms with Crippen molar-refractivity contribution in [1.82, 2.24) is 9.55 Å². The molecular formula is C19H21N3O2. The van der Waals surface area contributed by atoms with Gasteiger partial charge in [0.2, 0.25) is 0 Å². The quantitative estimate of drug-likeness (QED) is 0.784. The smallest absolute Gasteiger partial charge is 0.261 e. The predicted molar refractivity (Wildman–Crippen MR) is 96.4 cm³/mol. The second-order valence-electron chi connectivity index (χ2n) is 5.78. The molecule has 0 saturated carbocycles. The van der Waals surface area contributed by atoms with E-state index in [0.717, 1.165) is 12.0 Å². The molecule has 0 spiro atoms. The Morgan fingerprint density at radius 2 is 1.92 bits per heavy atom. The molecule has 0 radical (unpaired) electrons. The Hall–Kier alpha value is -2.66. The van der Waals surface area contributed by atoms with E-state index in [9.17, 15) is 4.79 Å². The zero-order valence-corrected chi connectivity index (χ0v) is 14.0. The zero-order chi connectivity index (χ0) is 17.1. The molecule has 5 heteroatoms. The van der Waals surface area contributed by atoms with Gasteiger partial charge in [0.05, 0.1) is 18.0 Å². The van der Waals surface area contributed by atoms with E-state index in [4.69, 9.17) is 15.5 Å². The summed E-state index contributed by atoms with van der Waals surface area (Å²) < 4.78 is 6.94. The van der Waals surface area contributed by atoms with Crippen LogP contribution in [0.5, 0.6) is 5.75 Å². The van der Waals surface area contributed by atoms with Gasteiger partial charge in [-0.25, -0.2) is 4.98 Å². The number of ether oxygens (including phenoxy) is 1. The van der Waals surface area contributed by atoms with Gasteiger partial charge in [0.1, 0.15) is 11.6 Å². The Morgan fingerprint density at radius 1 is 1.17 bits per heavy atom. The molecular weight excluding hydrogens is 302 g/mol. The number of nitrogens with zero attached hydrogens (tertiary/aromatic N) is 2. The van der Waals surface area contributed by atoms with Gasteiger partial charge in [0.25, 0.3) is 5.56 Å². The minimum Gasteiger partial charge on any atom is -0.497 e. The first-order valence-corrected chi connectivity index (χ1v) is 7.99. The number of fused-ring (bicyclic) bond motifs is 1. The summed E-state index contributed by atoms with van der Waals surface area (Å²) in [4.78, 5) is 17.7. The molecule has 0 aliphatic carbocycles. The van der Waals surface area contributed by atoms with Gasteiger partial charge in [-0.2, -0.15) is 0 Å². The SMILES string of the molecule is COc1ccc2nc(-c3ccc(C)cc3)n(CCCN)c(=O)c2c1. The van der Waals surface area contributed by atoms with Crippen LogP contribution < -0.4 is 16.0 Å². The number of hydrogen-bond donors (Lipinski definition) is 1. The van der Waals surface area contributed by atoms with Gasteiger partial charge in [0.15, 0.2) is 0 Å². The van der Waals surface area contributed by atoms with Crippen LogP contribution in [0.4, 0.5) is 0 Å². The molecule has 1 aromatic heterocycles. The van der Waals surface area contributed by atoms with Crippen LogP contribution in [0.2, 0.25) is 0 Å². The molecule has 3 aromatic rings. The van der Waals surface area contributed by atoms with Crippen LogP contribution in [0.25, 0.3) is 22.3 Å². The monoisotopic (exact) mass is 323 g/mol. The van der Waals surface area contributed by atoms with Crippen molar-refractivity contribution in [2.75, 3.05) is 13.7 Å². The fourth-order valence-corrected chi connectivity index (χ4v) is 2.71. The molecule has 0 amide bonds. The maximum absolute atomic E-state index is 13.0. The lowest BCUT2D eigenvalue weighted by Gasteiger charge is -2.14. The van der Waals surface area contributed by atoms with Crippen LogP contribution in [0.3, 0.4) is 0 Å². The maximum atomic E-state index is 13.0. The molecule has 3 rings (SSSR count). The summed E-state index contributed by atoms with van der Waals surface area (Å²) in [5.41, 5.74) is 8.33. The van der Waals surface area contributed by atoms with Crippen LogP contribution in [0, 0.1) is 6.92 Å². The van der Waals surface area contributed by atoms with Gasteiger partial charge in [-0.15, -0.1) is 0 Å². The van der Waals surface area contributed by atoms with Crippen molar-refractivity contribution in [1.29, 1.82) is 0 Å². The molecule has 0 atom stereocenters. The average molecular weight is 323 g/mol. The van der Waals surface area contributed by atoms with Crippen molar-refractivity contribution in [2.45, 2.75) is 19.9 Å². The third-order valence-corrected chi connectivity index (χ3v) is 4.06. The Kier molecular flexibility index (Phi) is 4.62. The summed E-state index contributed by atoms with van der Waals surface area (Å²) in [6.45, 7) is 3.10. The van der Waals surface area contributed by atoms with Crippen LogP contribution in [-0.4, -0.2) is 23.2 Å². The van der Waals surface area contributed by atoms with Gasteiger partial charge in [-0.05, 0) is 38.1 Å². The van der Waals surface area contributed by atoms with Crippen molar-refractivity contribution in [3.63, 3.8) is 0 Å². The van der Waals surface area contributed by atoms with Gasteiger partial charge < -0.3 is 10.5 Å². The highest BCUT2D eigenvalue weighted by Gasteiger charge is 2.13. The first-order valence-electron chi connectivity index (χ1n) is 7.99. The highest BCUT2D eigenvalue weighted by atomic mass is 16.5. The van der Waals surface area contributed by atoms with Crippen molar-refractivity contribution in [2.24, 2.45) is 5.73 Å². The Bertz CT molecular complexity index is 914. The summed E-state index contributed by atoms with van der Waals surface area (Å²) in [6.07, 6.45) is 0.718. The first-order chi connectivity index (χ1) is 11.6. The van der Waals surface area contributed by atoms with E-state index in [-0.39, 0.29) is 5.56 Å². The third-order valence-electron chi connectivity index (χ3n) is 4.06. The molecule has 5 nitrogen and oxygen atoms in total. The largest absolute Gasteiger partial charge is 0.497 e. The number of rotatable bonds is 5. The fraction of sp³-hybridized carbons (Fsp3) is 0.263. The van der Waals surface area contributed by atoms with Crippen LogP contribution in [0.1, 0.15) is 12.0 Å². The Labute approximate surface area is 140 Å². The summed E-state index contributed by atoms with van der Waals surface area (Å²) in [6, 6.07) is 13.4. The summed E-state index contributed by atoms with van der Waals surface area (Å²) in [5, 5.41) is 0.558. The molecule has 24 heavy (non-hydrogen) atoms.